The van der Waals surface area contributed by atoms with Gasteiger partial charge >= 0.3 is 0 Å². The SMILES string of the molecule is Oc1cccc2c1NCC1(CCCCC1)O2. The van der Waals surface area contributed by atoms with Gasteiger partial charge in [-0.2, -0.15) is 0 Å². The summed E-state index contributed by atoms with van der Waals surface area (Å²) in [4.78, 5) is 0. The van der Waals surface area contributed by atoms with Gasteiger partial charge in [-0.3, -0.25) is 0 Å². The highest BCUT2D eigenvalue weighted by Gasteiger charge is 2.38. The molecule has 1 aromatic rings. The van der Waals surface area contributed by atoms with E-state index in [1.807, 2.05) is 12.1 Å². The Labute approximate surface area is 95.4 Å². The molecule has 1 aromatic carbocycles. The van der Waals surface area contributed by atoms with Crippen LogP contribution in [-0.2, 0) is 0 Å². The van der Waals surface area contributed by atoms with Gasteiger partial charge < -0.3 is 15.2 Å². The number of phenols is 1. The summed E-state index contributed by atoms with van der Waals surface area (Å²) in [5.74, 6) is 1.08. The zero-order valence-corrected chi connectivity index (χ0v) is 9.33. The van der Waals surface area contributed by atoms with Crippen molar-refractivity contribution in [2.45, 2.75) is 37.7 Å². The van der Waals surface area contributed by atoms with Crippen molar-refractivity contribution in [2.75, 3.05) is 11.9 Å². The van der Waals surface area contributed by atoms with Crippen molar-refractivity contribution in [3.63, 3.8) is 0 Å². The number of hydrogen-bond donors (Lipinski definition) is 2. The lowest BCUT2D eigenvalue weighted by Gasteiger charge is -2.41. The Kier molecular flexibility index (Phi) is 2.20. The zero-order valence-electron chi connectivity index (χ0n) is 9.33. The molecule has 3 heteroatoms. The topological polar surface area (TPSA) is 41.5 Å². The first kappa shape index (κ1) is 9.82. The second-order valence-electron chi connectivity index (χ2n) is 4.85. The number of hydrogen-bond acceptors (Lipinski definition) is 3. The van der Waals surface area contributed by atoms with E-state index in [4.69, 9.17) is 4.74 Å². The third-order valence-electron chi connectivity index (χ3n) is 3.68. The Morgan fingerprint density at radius 3 is 2.81 bits per heavy atom. The number of rotatable bonds is 0. The Morgan fingerprint density at radius 1 is 1.19 bits per heavy atom. The summed E-state index contributed by atoms with van der Waals surface area (Å²) in [6.45, 7) is 0.817. The molecule has 1 aliphatic heterocycles. The van der Waals surface area contributed by atoms with E-state index in [1.165, 1.54) is 19.3 Å². The van der Waals surface area contributed by atoms with Crippen LogP contribution in [0.15, 0.2) is 18.2 Å². The summed E-state index contributed by atoms with van der Waals surface area (Å²) in [7, 11) is 0. The van der Waals surface area contributed by atoms with Crippen molar-refractivity contribution < 1.29 is 9.84 Å². The molecule has 1 heterocycles. The van der Waals surface area contributed by atoms with Crippen molar-refractivity contribution in [2.24, 2.45) is 0 Å². The van der Waals surface area contributed by atoms with E-state index in [0.717, 1.165) is 30.8 Å². The molecule has 0 bridgehead atoms. The minimum Gasteiger partial charge on any atom is -0.506 e. The lowest BCUT2D eigenvalue weighted by atomic mass is 9.83. The van der Waals surface area contributed by atoms with Crippen LogP contribution in [-0.4, -0.2) is 17.3 Å². The van der Waals surface area contributed by atoms with Crippen LogP contribution < -0.4 is 10.1 Å². The van der Waals surface area contributed by atoms with Crippen molar-refractivity contribution >= 4 is 5.69 Å². The van der Waals surface area contributed by atoms with E-state index in [-0.39, 0.29) is 11.4 Å². The smallest absolute Gasteiger partial charge is 0.147 e. The second-order valence-corrected chi connectivity index (χ2v) is 4.85. The molecule has 0 atom stereocenters. The van der Waals surface area contributed by atoms with Gasteiger partial charge in [0.2, 0.25) is 0 Å². The van der Waals surface area contributed by atoms with Gasteiger partial charge in [0.05, 0.1) is 6.54 Å². The van der Waals surface area contributed by atoms with E-state index in [1.54, 1.807) is 6.07 Å². The van der Waals surface area contributed by atoms with Gasteiger partial charge in [-0.25, -0.2) is 0 Å². The molecule has 16 heavy (non-hydrogen) atoms. The first-order chi connectivity index (χ1) is 7.79. The largest absolute Gasteiger partial charge is 0.506 e. The molecule has 0 amide bonds. The molecule has 1 fully saturated rings. The number of phenolic OH excluding ortho intramolecular Hbond substituents is 1. The molecular weight excluding hydrogens is 202 g/mol. The lowest BCUT2D eigenvalue weighted by molar-refractivity contribution is 0.0366. The third-order valence-corrected chi connectivity index (χ3v) is 3.68. The van der Waals surface area contributed by atoms with Gasteiger partial charge in [0.15, 0.2) is 0 Å². The molecule has 86 valence electrons. The first-order valence-corrected chi connectivity index (χ1v) is 6.04. The van der Waals surface area contributed by atoms with E-state index < -0.39 is 0 Å². The summed E-state index contributed by atoms with van der Waals surface area (Å²) in [6.07, 6.45) is 6.05. The van der Waals surface area contributed by atoms with E-state index in [9.17, 15) is 5.11 Å². The number of fused-ring (bicyclic) bond motifs is 1. The molecule has 2 N–H and O–H groups in total. The number of para-hydroxylation sites is 1. The minimum absolute atomic E-state index is 0.0287. The number of aromatic hydroxyl groups is 1. The Morgan fingerprint density at radius 2 is 2.00 bits per heavy atom. The molecule has 1 spiro atoms. The monoisotopic (exact) mass is 219 g/mol. The normalized spacial score (nSPS) is 22.0. The maximum atomic E-state index is 9.70. The van der Waals surface area contributed by atoms with Crippen LogP contribution in [0.4, 0.5) is 5.69 Å². The van der Waals surface area contributed by atoms with Crippen molar-refractivity contribution in [3.8, 4) is 11.5 Å². The molecule has 1 aliphatic carbocycles. The minimum atomic E-state index is -0.0287. The summed E-state index contributed by atoms with van der Waals surface area (Å²) in [5.41, 5.74) is 0.720. The Hall–Kier alpha value is -1.38. The highest BCUT2D eigenvalue weighted by Crippen LogP contribution is 2.43. The number of nitrogens with one attached hydrogen (secondary N) is 1. The summed E-state index contributed by atoms with van der Waals surface area (Å²) in [5, 5.41) is 13.0. The molecule has 0 saturated heterocycles. The molecule has 3 nitrogen and oxygen atoms in total. The predicted octanol–water partition coefficient (Wildman–Crippen LogP) is 2.90. The van der Waals surface area contributed by atoms with Crippen LogP contribution in [0.1, 0.15) is 32.1 Å². The quantitative estimate of drug-likeness (QED) is 0.659. The fraction of sp³-hybridized carbons (Fsp3) is 0.538. The predicted molar refractivity (Wildman–Crippen MR) is 63.0 cm³/mol. The maximum absolute atomic E-state index is 9.70. The molecular formula is C13H17NO2. The fourth-order valence-electron chi connectivity index (χ4n) is 2.78. The maximum Gasteiger partial charge on any atom is 0.147 e. The highest BCUT2D eigenvalue weighted by atomic mass is 16.5. The first-order valence-electron chi connectivity index (χ1n) is 6.04. The van der Waals surface area contributed by atoms with E-state index in [2.05, 4.69) is 5.32 Å². The second kappa shape index (κ2) is 3.58. The van der Waals surface area contributed by atoms with Crippen molar-refractivity contribution in [3.05, 3.63) is 18.2 Å². The van der Waals surface area contributed by atoms with Crippen LogP contribution in [0.25, 0.3) is 0 Å². The number of benzene rings is 1. The van der Waals surface area contributed by atoms with Crippen molar-refractivity contribution in [1.82, 2.24) is 0 Å². The third kappa shape index (κ3) is 1.51. The van der Waals surface area contributed by atoms with Crippen LogP contribution in [0.2, 0.25) is 0 Å². The molecule has 1 saturated carbocycles. The molecule has 3 rings (SSSR count). The van der Waals surface area contributed by atoms with Gasteiger partial charge in [0.25, 0.3) is 0 Å². The van der Waals surface area contributed by atoms with Gasteiger partial charge in [0.1, 0.15) is 22.8 Å². The van der Waals surface area contributed by atoms with Crippen LogP contribution >= 0.6 is 0 Å². The average molecular weight is 219 g/mol. The molecule has 2 aliphatic rings. The van der Waals surface area contributed by atoms with Gasteiger partial charge in [0, 0.05) is 0 Å². The summed E-state index contributed by atoms with van der Waals surface area (Å²) < 4.78 is 6.12. The van der Waals surface area contributed by atoms with Gasteiger partial charge in [-0.15, -0.1) is 0 Å². The van der Waals surface area contributed by atoms with Crippen LogP contribution in [0.3, 0.4) is 0 Å². The lowest BCUT2D eigenvalue weighted by Crippen LogP contribution is -2.47. The molecule has 0 unspecified atom stereocenters. The molecule has 0 radical (unpaired) electrons. The van der Waals surface area contributed by atoms with E-state index >= 15 is 0 Å². The fourth-order valence-corrected chi connectivity index (χ4v) is 2.78. The zero-order chi connectivity index (χ0) is 11.0. The number of ether oxygens (including phenoxy) is 1. The summed E-state index contributed by atoms with van der Waals surface area (Å²) >= 11 is 0. The Bertz CT molecular complexity index is 397. The average Bonchev–Trinajstić information content (AvgIpc) is 2.30. The number of anilines is 1. The van der Waals surface area contributed by atoms with Crippen molar-refractivity contribution in [1.29, 1.82) is 0 Å². The summed E-state index contributed by atoms with van der Waals surface area (Å²) in [6, 6.07) is 5.45. The Balaban J connectivity index is 1.91. The van der Waals surface area contributed by atoms with Gasteiger partial charge in [-0.1, -0.05) is 12.5 Å². The van der Waals surface area contributed by atoms with Crippen LogP contribution in [0, 0.1) is 0 Å². The molecule has 0 aromatic heterocycles. The highest BCUT2D eigenvalue weighted by molar-refractivity contribution is 5.67. The van der Waals surface area contributed by atoms with Crippen LogP contribution in [0.5, 0.6) is 11.5 Å². The van der Waals surface area contributed by atoms with E-state index in [0.29, 0.717) is 0 Å². The standard InChI is InChI=1S/C13H17NO2/c15-10-5-4-6-11-12(10)14-9-13(16-11)7-2-1-3-8-13/h4-6,14-15H,1-3,7-9H2. The van der Waals surface area contributed by atoms with Gasteiger partial charge in [-0.05, 0) is 37.8 Å².